The number of non-ortho nitro benzene ring substituents is 1. The van der Waals surface area contributed by atoms with E-state index in [-0.39, 0.29) is 28.7 Å². The maximum Gasteiger partial charge on any atom is 0.338 e. The van der Waals surface area contributed by atoms with Gasteiger partial charge in [-0.3, -0.25) is 10.1 Å². The number of nitro groups is 1. The molecule has 1 saturated heterocycles. The summed E-state index contributed by atoms with van der Waals surface area (Å²) in [6, 6.07) is 11.3. The molecule has 1 heterocycles. The number of hydrogen-bond acceptors (Lipinski definition) is 6. The minimum absolute atomic E-state index is 0.0781. The Hall–Kier alpha value is -2.78. The van der Waals surface area contributed by atoms with Crippen LogP contribution >= 0.6 is 0 Å². The number of ether oxygens (including phenoxy) is 1. The van der Waals surface area contributed by atoms with E-state index in [4.69, 9.17) is 4.74 Å². The summed E-state index contributed by atoms with van der Waals surface area (Å²) in [5.41, 5.74) is 1.02. The van der Waals surface area contributed by atoms with E-state index in [0.717, 1.165) is 5.56 Å². The van der Waals surface area contributed by atoms with E-state index in [2.05, 4.69) is 0 Å². The molecule has 2 aromatic rings. The Bertz CT molecular complexity index is 1000. The van der Waals surface area contributed by atoms with Gasteiger partial charge in [-0.2, -0.15) is 4.31 Å². The first-order valence-corrected chi connectivity index (χ1v) is 10.6. The molecule has 1 fully saturated rings. The van der Waals surface area contributed by atoms with Crippen LogP contribution in [0.5, 0.6) is 0 Å². The van der Waals surface area contributed by atoms with Crippen molar-refractivity contribution >= 4 is 21.7 Å². The fourth-order valence-electron chi connectivity index (χ4n) is 3.38. The van der Waals surface area contributed by atoms with Gasteiger partial charge in [0.05, 0.1) is 21.4 Å². The van der Waals surface area contributed by atoms with Crippen LogP contribution < -0.4 is 0 Å². The van der Waals surface area contributed by atoms with Gasteiger partial charge in [0.15, 0.2) is 0 Å². The van der Waals surface area contributed by atoms with Crippen LogP contribution in [0.15, 0.2) is 53.4 Å². The summed E-state index contributed by atoms with van der Waals surface area (Å²) in [5.74, 6) is -0.509. The van der Waals surface area contributed by atoms with Crippen molar-refractivity contribution in [2.75, 3.05) is 13.2 Å². The second-order valence-corrected chi connectivity index (χ2v) is 9.18. The van der Waals surface area contributed by atoms with Crippen LogP contribution in [0.3, 0.4) is 0 Å². The van der Waals surface area contributed by atoms with Crippen molar-refractivity contribution in [3.63, 3.8) is 0 Å². The molecule has 0 unspecified atom stereocenters. The Kier molecular flexibility index (Phi) is 5.99. The van der Waals surface area contributed by atoms with Gasteiger partial charge in [-0.15, -0.1) is 0 Å². The number of nitro benzene ring substituents is 1. The van der Waals surface area contributed by atoms with E-state index >= 15 is 0 Å². The molecule has 0 bridgehead atoms. The SMILES string of the molecule is Cc1ccc(S(=O)(=O)N2C[C@@H](C)C[C@@H]2COC(=O)c2ccc([N+](=O)[O-])cc2)cc1. The molecule has 1 aliphatic rings. The molecule has 8 nitrogen and oxygen atoms in total. The van der Waals surface area contributed by atoms with Crippen molar-refractivity contribution in [1.29, 1.82) is 0 Å². The maximum absolute atomic E-state index is 13.0. The van der Waals surface area contributed by atoms with Gasteiger partial charge in [-0.05, 0) is 43.5 Å². The summed E-state index contributed by atoms with van der Waals surface area (Å²) in [6.45, 7) is 4.12. The Morgan fingerprint density at radius 1 is 1.17 bits per heavy atom. The third-order valence-electron chi connectivity index (χ3n) is 4.92. The fraction of sp³-hybridized carbons (Fsp3) is 0.350. The van der Waals surface area contributed by atoms with Crippen LogP contribution in [0.25, 0.3) is 0 Å². The average molecular weight is 418 g/mol. The largest absolute Gasteiger partial charge is 0.460 e. The zero-order chi connectivity index (χ0) is 21.2. The van der Waals surface area contributed by atoms with Gasteiger partial charge < -0.3 is 4.74 Å². The number of carbonyl (C=O) groups excluding carboxylic acids is 1. The van der Waals surface area contributed by atoms with Crippen LogP contribution in [0.1, 0.15) is 29.3 Å². The Labute approximate surface area is 169 Å². The van der Waals surface area contributed by atoms with Crippen molar-refractivity contribution in [1.82, 2.24) is 4.31 Å². The summed E-state index contributed by atoms with van der Waals surface area (Å²) in [4.78, 5) is 22.6. The van der Waals surface area contributed by atoms with Gasteiger partial charge >= 0.3 is 5.97 Å². The molecule has 154 valence electrons. The van der Waals surface area contributed by atoms with Crippen molar-refractivity contribution in [2.45, 2.75) is 31.2 Å². The molecule has 3 rings (SSSR count). The van der Waals surface area contributed by atoms with Crippen LogP contribution in [0, 0.1) is 23.0 Å². The summed E-state index contributed by atoms with van der Waals surface area (Å²) in [7, 11) is -3.70. The van der Waals surface area contributed by atoms with E-state index in [0.29, 0.717) is 13.0 Å². The molecule has 0 saturated carbocycles. The van der Waals surface area contributed by atoms with Gasteiger partial charge in [0.1, 0.15) is 6.61 Å². The number of nitrogens with zero attached hydrogens (tertiary/aromatic N) is 2. The first-order chi connectivity index (χ1) is 13.7. The Morgan fingerprint density at radius 3 is 2.38 bits per heavy atom. The van der Waals surface area contributed by atoms with E-state index in [1.807, 2.05) is 13.8 Å². The smallest absolute Gasteiger partial charge is 0.338 e. The highest BCUT2D eigenvalue weighted by atomic mass is 32.2. The van der Waals surface area contributed by atoms with Crippen LogP contribution in [-0.2, 0) is 14.8 Å². The summed E-state index contributed by atoms with van der Waals surface area (Å²) < 4.78 is 32.8. The topological polar surface area (TPSA) is 107 Å². The lowest BCUT2D eigenvalue weighted by Gasteiger charge is -2.24. The first-order valence-electron chi connectivity index (χ1n) is 9.18. The van der Waals surface area contributed by atoms with Gasteiger partial charge in [0.2, 0.25) is 10.0 Å². The lowest BCUT2D eigenvalue weighted by molar-refractivity contribution is -0.384. The maximum atomic E-state index is 13.0. The molecule has 0 aliphatic carbocycles. The Balaban J connectivity index is 1.71. The number of esters is 1. The van der Waals surface area contributed by atoms with E-state index in [1.54, 1.807) is 24.3 Å². The average Bonchev–Trinajstić information content (AvgIpc) is 3.08. The molecule has 0 radical (unpaired) electrons. The number of hydrogen-bond donors (Lipinski definition) is 0. The monoisotopic (exact) mass is 418 g/mol. The zero-order valence-corrected chi connectivity index (χ0v) is 17.0. The molecule has 1 aliphatic heterocycles. The summed E-state index contributed by atoms with van der Waals surface area (Å²) in [6.07, 6.45) is 0.582. The predicted molar refractivity (Wildman–Crippen MR) is 106 cm³/mol. The predicted octanol–water partition coefficient (Wildman–Crippen LogP) is 3.16. The standard InChI is InChI=1S/C20H22N2O6S/c1-14-3-9-19(10-4-14)29(26,27)21-12-15(2)11-18(21)13-28-20(23)16-5-7-17(8-6-16)22(24)25/h3-10,15,18H,11-13H2,1-2H3/t15-,18+/m0/s1. The van der Waals surface area contributed by atoms with Gasteiger partial charge in [0, 0.05) is 18.7 Å². The molecule has 2 aromatic carbocycles. The molecular formula is C20H22N2O6S. The lowest BCUT2D eigenvalue weighted by atomic mass is 10.1. The molecule has 0 N–H and O–H groups in total. The molecule has 0 amide bonds. The van der Waals surface area contributed by atoms with Crippen LogP contribution in [0.2, 0.25) is 0 Å². The van der Waals surface area contributed by atoms with Gasteiger partial charge in [-0.1, -0.05) is 24.6 Å². The van der Waals surface area contributed by atoms with Crippen LogP contribution in [0.4, 0.5) is 5.69 Å². The third kappa shape index (κ3) is 4.63. The molecule has 0 spiro atoms. The zero-order valence-electron chi connectivity index (χ0n) is 16.1. The molecule has 2 atom stereocenters. The fourth-order valence-corrected chi connectivity index (χ4v) is 5.12. The number of carbonyl (C=O) groups is 1. The van der Waals surface area contributed by atoms with Crippen molar-refractivity contribution < 1.29 is 22.9 Å². The molecular weight excluding hydrogens is 396 g/mol. The highest BCUT2D eigenvalue weighted by Crippen LogP contribution is 2.30. The molecule has 0 aromatic heterocycles. The quantitative estimate of drug-likeness (QED) is 0.405. The molecule has 9 heteroatoms. The van der Waals surface area contributed by atoms with E-state index in [1.165, 1.54) is 28.6 Å². The third-order valence-corrected chi connectivity index (χ3v) is 6.85. The number of benzene rings is 2. The Morgan fingerprint density at radius 2 is 1.79 bits per heavy atom. The number of aryl methyl sites for hydroxylation is 1. The van der Waals surface area contributed by atoms with Crippen molar-refractivity contribution in [3.8, 4) is 0 Å². The second-order valence-electron chi connectivity index (χ2n) is 7.28. The highest BCUT2D eigenvalue weighted by molar-refractivity contribution is 7.89. The highest BCUT2D eigenvalue weighted by Gasteiger charge is 2.39. The summed E-state index contributed by atoms with van der Waals surface area (Å²) >= 11 is 0. The first kappa shape index (κ1) is 20.9. The van der Waals surface area contributed by atoms with Gasteiger partial charge in [0.25, 0.3) is 5.69 Å². The minimum Gasteiger partial charge on any atom is -0.460 e. The van der Waals surface area contributed by atoms with Gasteiger partial charge in [-0.25, -0.2) is 13.2 Å². The minimum atomic E-state index is -3.70. The van der Waals surface area contributed by atoms with Crippen LogP contribution in [-0.4, -0.2) is 42.8 Å². The normalized spacial score (nSPS) is 19.8. The van der Waals surface area contributed by atoms with Crippen molar-refractivity contribution in [2.24, 2.45) is 5.92 Å². The number of sulfonamides is 1. The molecule has 29 heavy (non-hydrogen) atoms. The summed E-state index contributed by atoms with van der Waals surface area (Å²) in [5, 5.41) is 10.7. The second kappa shape index (κ2) is 8.30. The van der Waals surface area contributed by atoms with E-state index in [9.17, 15) is 23.3 Å². The van der Waals surface area contributed by atoms with Crippen molar-refractivity contribution in [3.05, 3.63) is 69.8 Å². The number of rotatable bonds is 6. The van der Waals surface area contributed by atoms with E-state index < -0.39 is 27.0 Å². The lowest BCUT2D eigenvalue weighted by Crippen LogP contribution is -2.38.